The fourth-order valence-electron chi connectivity index (χ4n) is 1.76. The van der Waals surface area contributed by atoms with Crippen LogP contribution in [0.4, 0.5) is 5.69 Å². The Bertz CT molecular complexity index is 527. The van der Waals surface area contributed by atoms with Crippen LogP contribution >= 0.6 is 0 Å². The number of hydrogen-bond donors (Lipinski definition) is 0. The third-order valence-corrected chi connectivity index (χ3v) is 2.72. The largest absolute Gasteiger partial charge is 0.256 e. The second-order valence-corrected chi connectivity index (χ2v) is 4.20. The summed E-state index contributed by atoms with van der Waals surface area (Å²) in [6.07, 6.45) is 2.97. The van der Waals surface area contributed by atoms with E-state index in [9.17, 15) is 0 Å². The number of hydrogen-bond acceptors (Lipinski definition) is 1. The van der Waals surface area contributed by atoms with Gasteiger partial charge in [-0.3, -0.25) is 4.99 Å². The summed E-state index contributed by atoms with van der Waals surface area (Å²) >= 11 is 0. The van der Waals surface area contributed by atoms with E-state index in [2.05, 4.69) is 61.3 Å². The first-order chi connectivity index (χ1) is 8.28. The molecule has 0 unspecified atom stereocenters. The molecule has 0 saturated heterocycles. The van der Waals surface area contributed by atoms with Gasteiger partial charge in [-0.15, -0.1) is 0 Å². The lowest BCUT2D eigenvalue weighted by molar-refractivity contribution is 1.14. The molecule has 0 radical (unpaired) electrons. The van der Waals surface area contributed by atoms with E-state index in [0.29, 0.717) is 0 Å². The predicted molar refractivity (Wildman–Crippen MR) is 74.3 cm³/mol. The standard InChI is InChI=1S/C16H17N/c1-3-14-7-5-9-16(11-14)17-12-15-8-4-6-13(2)10-15/h4-12H,3H2,1-2H3. The van der Waals surface area contributed by atoms with Crippen molar-refractivity contribution in [3.05, 3.63) is 65.2 Å². The third kappa shape index (κ3) is 3.28. The Balaban J connectivity index is 2.19. The lowest BCUT2D eigenvalue weighted by Crippen LogP contribution is -1.82. The quantitative estimate of drug-likeness (QED) is 0.688. The maximum absolute atomic E-state index is 4.50. The number of rotatable bonds is 3. The van der Waals surface area contributed by atoms with Crippen LogP contribution in [0.3, 0.4) is 0 Å². The molecule has 2 aromatic carbocycles. The molecule has 1 heteroatoms. The Morgan fingerprint density at radius 1 is 1.06 bits per heavy atom. The first-order valence-electron chi connectivity index (χ1n) is 5.97. The van der Waals surface area contributed by atoms with Gasteiger partial charge in [0.25, 0.3) is 0 Å². The van der Waals surface area contributed by atoms with Gasteiger partial charge in [0, 0.05) is 6.21 Å². The molecular formula is C16H17N. The maximum atomic E-state index is 4.50. The summed E-state index contributed by atoms with van der Waals surface area (Å²) in [7, 11) is 0. The second kappa shape index (κ2) is 5.44. The van der Waals surface area contributed by atoms with Crippen LogP contribution in [0.2, 0.25) is 0 Å². The van der Waals surface area contributed by atoms with Crippen LogP contribution < -0.4 is 0 Å². The zero-order chi connectivity index (χ0) is 12.1. The summed E-state index contributed by atoms with van der Waals surface area (Å²) in [5, 5.41) is 0. The van der Waals surface area contributed by atoms with Crippen LogP contribution in [-0.2, 0) is 6.42 Å². The van der Waals surface area contributed by atoms with E-state index < -0.39 is 0 Å². The molecule has 0 atom stereocenters. The smallest absolute Gasteiger partial charge is 0.0632 e. The van der Waals surface area contributed by atoms with Gasteiger partial charge in [-0.05, 0) is 36.6 Å². The van der Waals surface area contributed by atoms with Crippen LogP contribution in [0.25, 0.3) is 0 Å². The maximum Gasteiger partial charge on any atom is 0.0632 e. The van der Waals surface area contributed by atoms with Crippen LogP contribution in [0.1, 0.15) is 23.6 Å². The van der Waals surface area contributed by atoms with E-state index in [4.69, 9.17) is 0 Å². The van der Waals surface area contributed by atoms with Crippen molar-refractivity contribution >= 4 is 11.9 Å². The highest BCUT2D eigenvalue weighted by Gasteiger charge is 1.92. The highest BCUT2D eigenvalue weighted by Crippen LogP contribution is 2.14. The van der Waals surface area contributed by atoms with Crippen molar-refractivity contribution in [2.75, 3.05) is 0 Å². The van der Waals surface area contributed by atoms with Gasteiger partial charge in [0.1, 0.15) is 0 Å². The summed E-state index contributed by atoms with van der Waals surface area (Å²) in [4.78, 5) is 4.50. The molecule has 0 aliphatic heterocycles. The molecule has 0 aliphatic carbocycles. The van der Waals surface area contributed by atoms with Crippen molar-refractivity contribution in [1.29, 1.82) is 0 Å². The molecular weight excluding hydrogens is 206 g/mol. The van der Waals surface area contributed by atoms with Gasteiger partial charge in [0.05, 0.1) is 5.69 Å². The fourth-order valence-corrected chi connectivity index (χ4v) is 1.76. The fraction of sp³-hybridized carbons (Fsp3) is 0.188. The van der Waals surface area contributed by atoms with Crippen molar-refractivity contribution in [1.82, 2.24) is 0 Å². The average Bonchev–Trinajstić information content (AvgIpc) is 2.37. The lowest BCUT2D eigenvalue weighted by Gasteiger charge is -1.98. The van der Waals surface area contributed by atoms with E-state index in [1.807, 2.05) is 12.3 Å². The minimum atomic E-state index is 1.02. The summed E-state index contributed by atoms with van der Waals surface area (Å²) in [6.45, 7) is 4.25. The van der Waals surface area contributed by atoms with Crippen molar-refractivity contribution in [3.63, 3.8) is 0 Å². The number of aliphatic imine (C=N–C) groups is 1. The first kappa shape index (κ1) is 11.6. The van der Waals surface area contributed by atoms with E-state index in [0.717, 1.165) is 17.7 Å². The second-order valence-electron chi connectivity index (χ2n) is 4.20. The predicted octanol–water partition coefficient (Wildman–Crippen LogP) is 4.31. The third-order valence-electron chi connectivity index (χ3n) is 2.72. The summed E-state index contributed by atoms with van der Waals surface area (Å²) in [6, 6.07) is 16.7. The minimum Gasteiger partial charge on any atom is -0.256 e. The summed E-state index contributed by atoms with van der Waals surface area (Å²) in [5.41, 5.74) is 4.75. The topological polar surface area (TPSA) is 12.4 Å². The van der Waals surface area contributed by atoms with Crippen molar-refractivity contribution < 1.29 is 0 Å². The van der Waals surface area contributed by atoms with Gasteiger partial charge >= 0.3 is 0 Å². The Morgan fingerprint density at radius 3 is 2.65 bits per heavy atom. The Labute approximate surface area is 103 Å². The van der Waals surface area contributed by atoms with Crippen LogP contribution in [0.15, 0.2) is 53.5 Å². The van der Waals surface area contributed by atoms with Crippen molar-refractivity contribution in [2.45, 2.75) is 20.3 Å². The van der Waals surface area contributed by atoms with Gasteiger partial charge in [0.2, 0.25) is 0 Å². The van der Waals surface area contributed by atoms with Crippen LogP contribution in [-0.4, -0.2) is 6.21 Å². The normalized spacial score (nSPS) is 10.9. The number of benzene rings is 2. The molecule has 0 bridgehead atoms. The molecule has 86 valence electrons. The van der Waals surface area contributed by atoms with Crippen LogP contribution in [0, 0.1) is 6.92 Å². The minimum absolute atomic E-state index is 1.02. The molecule has 0 fully saturated rings. The average molecular weight is 223 g/mol. The van der Waals surface area contributed by atoms with E-state index >= 15 is 0 Å². The molecule has 0 saturated carbocycles. The molecule has 0 aromatic heterocycles. The van der Waals surface area contributed by atoms with Gasteiger partial charge in [-0.1, -0.05) is 48.9 Å². The summed E-state index contributed by atoms with van der Waals surface area (Å²) in [5.74, 6) is 0. The van der Waals surface area contributed by atoms with Gasteiger partial charge in [0.15, 0.2) is 0 Å². The monoisotopic (exact) mass is 223 g/mol. The number of aryl methyl sites for hydroxylation is 2. The molecule has 17 heavy (non-hydrogen) atoms. The Morgan fingerprint density at radius 2 is 1.88 bits per heavy atom. The molecule has 0 spiro atoms. The molecule has 0 N–H and O–H groups in total. The van der Waals surface area contributed by atoms with E-state index in [-0.39, 0.29) is 0 Å². The molecule has 2 rings (SSSR count). The van der Waals surface area contributed by atoms with Gasteiger partial charge in [-0.25, -0.2) is 0 Å². The SMILES string of the molecule is CCc1cccc(N=Cc2cccc(C)c2)c1. The highest BCUT2D eigenvalue weighted by molar-refractivity contribution is 5.82. The van der Waals surface area contributed by atoms with Crippen molar-refractivity contribution in [3.8, 4) is 0 Å². The van der Waals surface area contributed by atoms with Crippen molar-refractivity contribution in [2.24, 2.45) is 4.99 Å². The lowest BCUT2D eigenvalue weighted by atomic mass is 10.1. The molecule has 2 aromatic rings. The highest BCUT2D eigenvalue weighted by atomic mass is 14.7. The molecule has 0 aliphatic rings. The molecule has 1 nitrogen and oxygen atoms in total. The van der Waals surface area contributed by atoms with Gasteiger partial charge < -0.3 is 0 Å². The van der Waals surface area contributed by atoms with Crippen LogP contribution in [0.5, 0.6) is 0 Å². The number of nitrogens with zero attached hydrogens (tertiary/aromatic N) is 1. The summed E-state index contributed by atoms with van der Waals surface area (Å²) < 4.78 is 0. The van der Waals surface area contributed by atoms with Gasteiger partial charge in [-0.2, -0.15) is 0 Å². The Kier molecular flexibility index (Phi) is 3.71. The first-order valence-corrected chi connectivity index (χ1v) is 5.97. The molecule has 0 amide bonds. The molecule has 0 heterocycles. The zero-order valence-corrected chi connectivity index (χ0v) is 10.4. The van der Waals surface area contributed by atoms with E-state index in [1.165, 1.54) is 11.1 Å². The van der Waals surface area contributed by atoms with E-state index in [1.54, 1.807) is 0 Å². The Hall–Kier alpha value is -1.89. The zero-order valence-electron chi connectivity index (χ0n) is 10.4.